The number of hydrogen-bond acceptors (Lipinski definition) is 3. The maximum Gasteiger partial charge on any atom is 0.306 e. The predicted molar refractivity (Wildman–Crippen MR) is 95.2 cm³/mol. The van der Waals surface area contributed by atoms with E-state index in [1.807, 2.05) is 31.2 Å². The van der Waals surface area contributed by atoms with Crippen LogP contribution in [0.25, 0.3) is 22.2 Å². The summed E-state index contributed by atoms with van der Waals surface area (Å²) in [4.78, 5) is 14.9. The summed E-state index contributed by atoms with van der Waals surface area (Å²) in [5.41, 5.74) is 4.34. The average Bonchev–Trinajstić information content (AvgIpc) is 3.03. The summed E-state index contributed by atoms with van der Waals surface area (Å²) in [5, 5.41) is 1.13. The Bertz CT molecular complexity index is 851. The molecule has 0 bridgehead atoms. The third-order valence-electron chi connectivity index (χ3n) is 3.99. The number of methoxy groups -OCH3 is 1. The molecule has 4 nitrogen and oxygen atoms in total. The zero-order valence-electron chi connectivity index (χ0n) is 14.0. The maximum atomic E-state index is 11.5. The van der Waals surface area contributed by atoms with Crippen molar-refractivity contribution in [3.8, 4) is 17.0 Å². The zero-order valence-corrected chi connectivity index (χ0v) is 14.0. The number of rotatable bonds is 6. The Morgan fingerprint density at radius 3 is 2.79 bits per heavy atom. The molecule has 0 saturated heterocycles. The Kier molecular flexibility index (Phi) is 4.85. The molecule has 0 spiro atoms. The Morgan fingerprint density at radius 1 is 1.12 bits per heavy atom. The van der Waals surface area contributed by atoms with Crippen molar-refractivity contribution in [3.63, 3.8) is 0 Å². The van der Waals surface area contributed by atoms with Crippen molar-refractivity contribution < 1.29 is 14.3 Å². The Labute approximate surface area is 141 Å². The first-order valence-electron chi connectivity index (χ1n) is 8.11. The molecule has 4 heteroatoms. The molecule has 3 rings (SSSR count). The van der Waals surface area contributed by atoms with Gasteiger partial charge >= 0.3 is 5.97 Å². The van der Waals surface area contributed by atoms with E-state index in [4.69, 9.17) is 9.47 Å². The molecule has 0 unspecified atom stereocenters. The van der Waals surface area contributed by atoms with Crippen LogP contribution >= 0.6 is 0 Å². The normalized spacial score (nSPS) is 10.8. The maximum absolute atomic E-state index is 11.5. The van der Waals surface area contributed by atoms with Gasteiger partial charge in [0.1, 0.15) is 5.75 Å². The molecule has 1 N–H and O–H groups in total. The summed E-state index contributed by atoms with van der Waals surface area (Å²) in [6.45, 7) is 2.25. The first-order chi connectivity index (χ1) is 11.7. The fourth-order valence-electron chi connectivity index (χ4n) is 2.76. The lowest BCUT2D eigenvalue weighted by Gasteiger charge is -2.02. The topological polar surface area (TPSA) is 51.3 Å². The monoisotopic (exact) mass is 323 g/mol. The Hall–Kier alpha value is -2.75. The Morgan fingerprint density at radius 2 is 2.00 bits per heavy atom. The number of carbonyl (C=O) groups is 1. The van der Waals surface area contributed by atoms with E-state index in [0.717, 1.165) is 33.5 Å². The lowest BCUT2D eigenvalue weighted by Crippen LogP contribution is -2.04. The molecule has 0 aliphatic heterocycles. The minimum atomic E-state index is -0.149. The quantitative estimate of drug-likeness (QED) is 0.687. The number of fused-ring (bicyclic) bond motifs is 1. The fraction of sp³-hybridized carbons (Fsp3) is 0.250. The molecule has 24 heavy (non-hydrogen) atoms. The second kappa shape index (κ2) is 7.21. The third-order valence-corrected chi connectivity index (χ3v) is 3.99. The van der Waals surface area contributed by atoms with Crippen LogP contribution in [-0.2, 0) is 16.0 Å². The van der Waals surface area contributed by atoms with E-state index in [2.05, 4.69) is 29.2 Å². The van der Waals surface area contributed by atoms with Gasteiger partial charge in [-0.25, -0.2) is 0 Å². The van der Waals surface area contributed by atoms with Gasteiger partial charge in [0.2, 0.25) is 0 Å². The van der Waals surface area contributed by atoms with Gasteiger partial charge in [0.15, 0.2) is 0 Å². The van der Waals surface area contributed by atoms with E-state index in [-0.39, 0.29) is 5.97 Å². The van der Waals surface area contributed by atoms with Crippen molar-refractivity contribution in [1.82, 2.24) is 4.98 Å². The highest BCUT2D eigenvalue weighted by molar-refractivity contribution is 5.86. The van der Waals surface area contributed by atoms with E-state index in [0.29, 0.717) is 19.4 Å². The summed E-state index contributed by atoms with van der Waals surface area (Å²) in [6, 6.07) is 16.3. The van der Waals surface area contributed by atoms with Crippen LogP contribution in [0.2, 0.25) is 0 Å². The highest BCUT2D eigenvalue weighted by Crippen LogP contribution is 2.27. The summed E-state index contributed by atoms with van der Waals surface area (Å²) in [5.74, 6) is 0.685. The van der Waals surface area contributed by atoms with Gasteiger partial charge in [-0.3, -0.25) is 4.79 Å². The van der Waals surface area contributed by atoms with Crippen LogP contribution in [0.4, 0.5) is 0 Å². The zero-order chi connectivity index (χ0) is 16.9. The van der Waals surface area contributed by atoms with E-state index in [1.165, 1.54) is 0 Å². The van der Waals surface area contributed by atoms with E-state index < -0.39 is 0 Å². The number of hydrogen-bond donors (Lipinski definition) is 1. The summed E-state index contributed by atoms with van der Waals surface area (Å²) in [6.07, 6.45) is 1.10. The smallest absolute Gasteiger partial charge is 0.306 e. The van der Waals surface area contributed by atoms with Crippen LogP contribution in [0, 0.1) is 0 Å². The minimum Gasteiger partial charge on any atom is -0.497 e. The SMILES string of the molecule is CCOC(=O)CCc1ccc2[nH]c(-c3cccc(OC)c3)cc2c1. The molecular weight excluding hydrogens is 302 g/mol. The molecule has 0 fully saturated rings. The summed E-state index contributed by atoms with van der Waals surface area (Å²) in [7, 11) is 1.67. The fourth-order valence-corrected chi connectivity index (χ4v) is 2.76. The molecule has 0 radical (unpaired) electrons. The number of ether oxygens (including phenoxy) is 2. The Balaban J connectivity index is 1.82. The molecule has 1 heterocycles. The molecule has 0 saturated carbocycles. The second-order valence-corrected chi connectivity index (χ2v) is 5.64. The van der Waals surface area contributed by atoms with Crippen LogP contribution in [0.15, 0.2) is 48.5 Å². The van der Waals surface area contributed by atoms with Crippen molar-refractivity contribution >= 4 is 16.9 Å². The van der Waals surface area contributed by atoms with Crippen molar-refractivity contribution in [3.05, 3.63) is 54.1 Å². The van der Waals surface area contributed by atoms with Crippen molar-refractivity contribution in [2.75, 3.05) is 13.7 Å². The lowest BCUT2D eigenvalue weighted by atomic mass is 10.1. The van der Waals surface area contributed by atoms with Gasteiger partial charge in [0.25, 0.3) is 0 Å². The number of benzene rings is 2. The molecule has 0 aliphatic carbocycles. The van der Waals surface area contributed by atoms with E-state index in [9.17, 15) is 4.79 Å². The average molecular weight is 323 g/mol. The lowest BCUT2D eigenvalue weighted by molar-refractivity contribution is -0.143. The first-order valence-corrected chi connectivity index (χ1v) is 8.11. The van der Waals surface area contributed by atoms with Crippen LogP contribution in [-0.4, -0.2) is 24.7 Å². The van der Waals surface area contributed by atoms with Crippen molar-refractivity contribution in [2.24, 2.45) is 0 Å². The van der Waals surface area contributed by atoms with Crippen molar-refractivity contribution in [2.45, 2.75) is 19.8 Å². The molecule has 1 aromatic heterocycles. The molecule has 2 aromatic carbocycles. The number of aromatic nitrogens is 1. The van der Waals surface area contributed by atoms with Gasteiger partial charge in [0.05, 0.1) is 13.7 Å². The van der Waals surface area contributed by atoms with Gasteiger partial charge in [-0.15, -0.1) is 0 Å². The van der Waals surface area contributed by atoms with Gasteiger partial charge in [-0.05, 0) is 49.2 Å². The summed E-state index contributed by atoms with van der Waals surface area (Å²) >= 11 is 0. The third kappa shape index (κ3) is 3.59. The predicted octanol–water partition coefficient (Wildman–Crippen LogP) is 4.34. The number of nitrogens with one attached hydrogen (secondary N) is 1. The standard InChI is InChI=1S/C20H21NO3/c1-3-24-20(22)10-8-14-7-9-18-16(11-14)13-19(21-18)15-5-4-6-17(12-15)23-2/h4-7,9,11-13,21H,3,8,10H2,1-2H3. The molecular formula is C20H21NO3. The van der Waals surface area contributed by atoms with Gasteiger partial charge in [0, 0.05) is 28.6 Å². The highest BCUT2D eigenvalue weighted by atomic mass is 16.5. The first kappa shape index (κ1) is 16.1. The number of carbonyl (C=O) groups excluding carboxylic acids is 1. The van der Waals surface area contributed by atoms with Crippen molar-refractivity contribution in [1.29, 1.82) is 0 Å². The van der Waals surface area contributed by atoms with Gasteiger partial charge in [-0.1, -0.05) is 18.2 Å². The molecule has 3 aromatic rings. The largest absolute Gasteiger partial charge is 0.497 e. The number of aryl methyl sites for hydroxylation is 1. The van der Waals surface area contributed by atoms with Crippen LogP contribution in [0.3, 0.4) is 0 Å². The molecule has 0 amide bonds. The van der Waals surface area contributed by atoms with Crippen LogP contribution < -0.4 is 4.74 Å². The molecule has 0 atom stereocenters. The number of aromatic amines is 1. The van der Waals surface area contributed by atoms with Gasteiger partial charge < -0.3 is 14.5 Å². The molecule has 0 aliphatic rings. The van der Waals surface area contributed by atoms with Crippen LogP contribution in [0.5, 0.6) is 5.75 Å². The highest BCUT2D eigenvalue weighted by Gasteiger charge is 2.07. The second-order valence-electron chi connectivity index (χ2n) is 5.64. The van der Waals surface area contributed by atoms with E-state index >= 15 is 0 Å². The van der Waals surface area contributed by atoms with E-state index in [1.54, 1.807) is 7.11 Å². The van der Waals surface area contributed by atoms with Gasteiger partial charge in [-0.2, -0.15) is 0 Å². The van der Waals surface area contributed by atoms with Crippen LogP contribution in [0.1, 0.15) is 18.9 Å². The minimum absolute atomic E-state index is 0.149. The molecule has 124 valence electrons. The summed E-state index contributed by atoms with van der Waals surface area (Å²) < 4.78 is 10.3. The number of esters is 1. The number of H-pyrrole nitrogens is 1.